The summed E-state index contributed by atoms with van der Waals surface area (Å²) in [7, 11) is 0. The van der Waals surface area contributed by atoms with Crippen molar-refractivity contribution in [1.82, 2.24) is 0 Å². The number of aryl methyl sites for hydroxylation is 1. The van der Waals surface area contributed by atoms with Crippen LogP contribution in [0.5, 0.6) is 5.75 Å². The predicted molar refractivity (Wildman–Crippen MR) is 89.1 cm³/mol. The third-order valence-electron chi connectivity index (χ3n) is 4.16. The van der Waals surface area contributed by atoms with Crippen molar-refractivity contribution in [3.63, 3.8) is 0 Å². The van der Waals surface area contributed by atoms with Crippen molar-refractivity contribution in [3.05, 3.63) is 58.9 Å². The molecule has 5 heteroatoms. The van der Waals surface area contributed by atoms with Gasteiger partial charge in [-0.25, -0.2) is 4.39 Å². The summed E-state index contributed by atoms with van der Waals surface area (Å²) in [5, 5.41) is 2.56. The molecule has 0 aromatic heterocycles. The Morgan fingerprint density at radius 1 is 1.33 bits per heavy atom. The lowest BCUT2D eigenvalue weighted by Gasteiger charge is -2.13. The van der Waals surface area contributed by atoms with Crippen molar-refractivity contribution in [3.8, 4) is 5.75 Å². The number of ketones is 1. The van der Waals surface area contributed by atoms with Crippen LogP contribution in [0.1, 0.15) is 40.7 Å². The van der Waals surface area contributed by atoms with Gasteiger partial charge < -0.3 is 10.1 Å². The highest BCUT2D eigenvalue weighted by Crippen LogP contribution is 2.40. The fourth-order valence-corrected chi connectivity index (χ4v) is 3.14. The Kier molecular flexibility index (Phi) is 4.34. The van der Waals surface area contributed by atoms with Crippen LogP contribution in [0.15, 0.2) is 36.4 Å². The zero-order chi connectivity index (χ0) is 17.3. The number of carbonyl (C=O) groups is 2. The number of rotatable bonds is 4. The van der Waals surface area contributed by atoms with Crippen LogP contribution in [-0.4, -0.2) is 18.3 Å². The van der Waals surface area contributed by atoms with E-state index in [0.717, 1.165) is 11.1 Å². The standard InChI is InChI=1S/C19H18FNO3/c1-11-6-7-16(19-15(22)8-12(2)18(11)19)24-10-17(23)21-14-5-3-4-13(20)9-14/h3-7,9,12H,8,10H2,1-2H3,(H,21,23)/t12-/m0/s1. The van der Waals surface area contributed by atoms with Crippen LogP contribution in [0.4, 0.5) is 10.1 Å². The number of nitrogens with one attached hydrogen (secondary N) is 1. The molecule has 2 aromatic carbocycles. The Hall–Kier alpha value is -2.69. The van der Waals surface area contributed by atoms with Crippen molar-refractivity contribution >= 4 is 17.4 Å². The number of benzene rings is 2. The highest BCUT2D eigenvalue weighted by Gasteiger charge is 2.31. The van der Waals surface area contributed by atoms with Crippen molar-refractivity contribution in [1.29, 1.82) is 0 Å². The fraction of sp³-hybridized carbons (Fsp3) is 0.263. The van der Waals surface area contributed by atoms with Gasteiger partial charge in [0.05, 0.1) is 5.56 Å². The van der Waals surface area contributed by atoms with Crippen LogP contribution >= 0.6 is 0 Å². The summed E-state index contributed by atoms with van der Waals surface area (Å²) >= 11 is 0. The molecule has 0 spiro atoms. The third kappa shape index (κ3) is 3.15. The molecule has 1 aliphatic rings. The maximum atomic E-state index is 13.1. The summed E-state index contributed by atoms with van der Waals surface area (Å²) in [6.45, 7) is 3.74. The lowest BCUT2D eigenvalue weighted by Crippen LogP contribution is -2.20. The van der Waals surface area contributed by atoms with E-state index < -0.39 is 11.7 Å². The minimum atomic E-state index is -0.426. The summed E-state index contributed by atoms with van der Waals surface area (Å²) in [5.41, 5.74) is 3.01. The number of Topliss-reactive ketones (excluding diaryl/α,β-unsaturated/α-hetero) is 1. The first kappa shape index (κ1) is 16.2. The minimum Gasteiger partial charge on any atom is -0.483 e. The second kappa shape index (κ2) is 6.43. The molecule has 0 aliphatic heterocycles. The number of anilines is 1. The van der Waals surface area contributed by atoms with E-state index in [1.165, 1.54) is 18.2 Å². The molecule has 0 saturated carbocycles. The number of ether oxygens (including phenoxy) is 1. The van der Waals surface area contributed by atoms with Gasteiger partial charge in [-0.2, -0.15) is 0 Å². The van der Waals surface area contributed by atoms with E-state index in [-0.39, 0.29) is 18.3 Å². The molecule has 4 nitrogen and oxygen atoms in total. The Bertz CT molecular complexity index is 816. The Morgan fingerprint density at radius 2 is 2.12 bits per heavy atom. The minimum absolute atomic E-state index is 0.0433. The van der Waals surface area contributed by atoms with E-state index in [2.05, 4.69) is 5.32 Å². The number of carbonyl (C=O) groups excluding carboxylic acids is 2. The van der Waals surface area contributed by atoms with E-state index in [4.69, 9.17) is 4.74 Å². The van der Waals surface area contributed by atoms with Gasteiger partial charge >= 0.3 is 0 Å². The van der Waals surface area contributed by atoms with Crippen LogP contribution in [-0.2, 0) is 4.79 Å². The Balaban J connectivity index is 1.72. The molecule has 124 valence electrons. The van der Waals surface area contributed by atoms with Crippen LogP contribution in [0.2, 0.25) is 0 Å². The molecular weight excluding hydrogens is 309 g/mol. The van der Waals surface area contributed by atoms with Crippen LogP contribution < -0.4 is 10.1 Å². The van der Waals surface area contributed by atoms with E-state index in [1.807, 2.05) is 19.9 Å². The molecule has 1 aliphatic carbocycles. The molecule has 1 N–H and O–H groups in total. The second-order valence-corrected chi connectivity index (χ2v) is 6.04. The molecule has 1 amide bonds. The van der Waals surface area contributed by atoms with Crippen molar-refractivity contribution in [2.24, 2.45) is 0 Å². The molecule has 0 radical (unpaired) electrons. The van der Waals surface area contributed by atoms with Gasteiger partial charge in [0.1, 0.15) is 11.6 Å². The van der Waals surface area contributed by atoms with Gasteiger partial charge in [-0.1, -0.05) is 19.1 Å². The monoisotopic (exact) mass is 327 g/mol. The highest BCUT2D eigenvalue weighted by atomic mass is 19.1. The molecule has 1 atom stereocenters. The molecule has 0 fully saturated rings. The summed E-state index contributed by atoms with van der Waals surface area (Å²) in [6.07, 6.45) is 0.464. The number of amides is 1. The number of hydrogen-bond acceptors (Lipinski definition) is 3. The molecule has 0 bridgehead atoms. The first-order valence-corrected chi connectivity index (χ1v) is 7.80. The van der Waals surface area contributed by atoms with Crippen molar-refractivity contribution in [2.75, 3.05) is 11.9 Å². The third-order valence-corrected chi connectivity index (χ3v) is 4.16. The SMILES string of the molecule is Cc1ccc(OCC(=O)Nc2cccc(F)c2)c2c1[C@@H](C)CC2=O. The summed E-state index contributed by atoms with van der Waals surface area (Å²) in [5.74, 6) is -0.198. The van der Waals surface area contributed by atoms with Gasteiger partial charge in [0.25, 0.3) is 5.91 Å². The fourth-order valence-electron chi connectivity index (χ4n) is 3.14. The first-order valence-electron chi connectivity index (χ1n) is 7.80. The quantitative estimate of drug-likeness (QED) is 0.928. The maximum absolute atomic E-state index is 13.1. The molecular formula is C19H18FNO3. The van der Waals surface area contributed by atoms with E-state index in [9.17, 15) is 14.0 Å². The normalized spacial score (nSPS) is 16.0. The molecule has 24 heavy (non-hydrogen) atoms. The maximum Gasteiger partial charge on any atom is 0.262 e. The lowest BCUT2D eigenvalue weighted by atomic mass is 9.97. The zero-order valence-corrected chi connectivity index (χ0v) is 13.6. The van der Waals surface area contributed by atoms with E-state index in [0.29, 0.717) is 23.4 Å². The molecule has 0 saturated heterocycles. The van der Waals surface area contributed by atoms with E-state index >= 15 is 0 Å². The molecule has 2 aromatic rings. The summed E-state index contributed by atoms with van der Waals surface area (Å²) in [4.78, 5) is 24.2. The highest BCUT2D eigenvalue weighted by molar-refractivity contribution is 6.04. The Labute approximate surface area is 139 Å². The number of hydrogen-bond donors (Lipinski definition) is 1. The van der Waals surface area contributed by atoms with E-state index in [1.54, 1.807) is 12.1 Å². The average molecular weight is 327 g/mol. The van der Waals surface area contributed by atoms with Crippen molar-refractivity contribution < 1.29 is 18.7 Å². The topological polar surface area (TPSA) is 55.4 Å². The zero-order valence-electron chi connectivity index (χ0n) is 13.6. The van der Waals surface area contributed by atoms with Gasteiger partial charge in [0.2, 0.25) is 0 Å². The lowest BCUT2D eigenvalue weighted by molar-refractivity contribution is -0.118. The van der Waals surface area contributed by atoms with Gasteiger partial charge in [0.15, 0.2) is 12.4 Å². The predicted octanol–water partition coefficient (Wildman–Crippen LogP) is 3.84. The Morgan fingerprint density at radius 3 is 2.88 bits per heavy atom. The summed E-state index contributed by atoms with van der Waals surface area (Å²) in [6, 6.07) is 9.25. The van der Waals surface area contributed by atoms with Gasteiger partial charge in [-0.15, -0.1) is 0 Å². The van der Waals surface area contributed by atoms with Gasteiger partial charge in [-0.3, -0.25) is 9.59 Å². The molecule has 3 rings (SSSR count). The van der Waals surface area contributed by atoms with Gasteiger partial charge in [0, 0.05) is 12.1 Å². The van der Waals surface area contributed by atoms with Gasteiger partial charge in [-0.05, 0) is 48.2 Å². The second-order valence-electron chi connectivity index (χ2n) is 6.04. The number of fused-ring (bicyclic) bond motifs is 1. The summed E-state index contributed by atoms with van der Waals surface area (Å²) < 4.78 is 18.7. The smallest absolute Gasteiger partial charge is 0.262 e. The van der Waals surface area contributed by atoms with Crippen molar-refractivity contribution in [2.45, 2.75) is 26.2 Å². The molecule has 0 unspecified atom stereocenters. The first-order chi connectivity index (χ1) is 11.5. The van der Waals surface area contributed by atoms with Crippen LogP contribution in [0.3, 0.4) is 0 Å². The average Bonchev–Trinajstić information content (AvgIpc) is 2.83. The largest absolute Gasteiger partial charge is 0.483 e. The van der Waals surface area contributed by atoms with Crippen LogP contribution in [0, 0.1) is 12.7 Å². The number of halogens is 1. The van der Waals surface area contributed by atoms with Crippen LogP contribution in [0.25, 0.3) is 0 Å². The molecule has 0 heterocycles.